The summed E-state index contributed by atoms with van der Waals surface area (Å²) in [5.41, 5.74) is -0.989. The number of nitrogens with one attached hydrogen (secondary N) is 2. The highest BCUT2D eigenvalue weighted by Crippen LogP contribution is 2.30. The largest absolute Gasteiger partial charge is 0.416 e. The maximum Gasteiger partial charge on any atom is 0.416 e. The van der Waals surface area contributed by atoms with Gasteiger partial charge in [-0.3, -0.25) is 9.59 Å². The van der Waals surface area contributed by atoms with Crippen LogP contribution in [0.15, 0.2) is 24.3 Å². The van der Waals surface area contributed by atoms with Crippen LogP contribution in [0.4, 0.5) is 18.9 Å². The summed E-state index contributed by atoms with van der Waals surface area (Å²) in [5.74, 6) is -1.93. The van der Waals surface area contributed by atoms with Crippen LogP contribution in [-0.4, -0.2) is 31.1 Å². The van der Waals surface area contributed by atoms with Crippen molar-refractivity contribution < 1.29 is 27.5 Å². The Bertz CT molecular complexity index is 555. The Hall–Kier alpha value is -2.09. The molecular formula is C14H15F3N2O3. The van der Waals surface area contributed by atoms with Gasteiger partial charge in [-0.05, 0) is 31.0 Å². The molecule has 0 bridgehead atoms. The van der Waals surface area contributed by atoms with Crippen molar-refractivity contribution in [3.63, 3.8) is 0 Å². The highest BCUT2D eigenvalue weighted by atomic mass is 19.4. The molecule has 1 fully saturated rings. The molecular weight excluding hydrogens is 301 g/mol. The third-order valence-electron chi connectivity index (χ3n) is 3.17. The van der Waals surface area contributed by atoms with Gasteiger partial charge in [0.15, 0.2) is 0 Å². The molecule has 1 aromatic rings. The second-order valence-electron chi connectivity index (χ2n) is 4.88. The third-order valence-corrected chi connectivity index (χ3v) is 3.17. The molecule has 5 nitrogen and oxygen atoms in total. The quantitative estimate of drug-likeness (QED) is 0.838. The molecule has 2 rings (SSSR count). The van der Waals surface area contributed by atoms with Crippen molar-refractivity contribution in [1.29, 1.82) is 0 Å². The zero-order valence-corrected chi connectivity index (χ0v) is 11.6. The molecule has 1 saturated heterocycles. The minimum absolute atomic E-state index is 0.0907. The van der Waals surface area contributed by atoms with Gasteiger partial charge in [0.1, 0.15) is 0 Å². The molecule has 2 amide bonds. The molecule has 120 valence electrons. The Balaban J connectivity index is 1.89. The number of carbonyl (C=O) groups excluding carboxylic acids is 2. The van der Waals surface area contributed by atoms with E-state index in [4.69, 9.17) is 4.74 Å². The van der Waals surface area contributed by atoms with Crippen LogP contribution in [0.25, 0.3) is 0 Å². The number of hydrogen-bond acceptors (Lipinski definition) is 3. The van der Waals surface area contributed by atoms with Gasteiger partial charge in [-0.1, -0.05) is 6.07 Å². The average Bonchev–Trinajstić information content (AvgIpc) is 2.97. The molecule has 0 spiro atoms. The summed E-state index contributed by atoms with van der Waals surface area (Å²) in [6, 6.07) is 4.08. The zero-order chi connectivity index (χ0) is 16.2. The van der Waals surface area contributed by atoms with E-state index >= 15 is 0 Å². The fourth-order valence-corrected chi connectivity index (χ4v) is 2.05. The number of halogens is 3. The highest BCUT2D eigenvalue weighted by Gasteiger charge is 2.30. The van der Waals surface area contributed by atoms with E-state index in [0.717, 1.165) is 31.0 Å². The van der Waals surface area contributed by atoms with Crippen molar-refractivity contribution in [3.8, 4) is 0 Å². The van der Waals surface area contributed by atoms with Crippen LogP contribution >= 0.6 is 0 Å². The topological polar surface area (TPSA) is 67.4 Å². The van der Waals surface area contributed by atoms with E-state index in [9.17, 15) is 22.8 Å². The predicted octanol–water partition coefficient (Wildman–Crippen LogP) is 1.94. The van der Waals surface area contributed by atoms with Crippen LogP contribution in [0.2, 0.25) is 0 Å². The highest BCUT2D eigenvalue weighted by molar-refractivity contribution is 6.39. The van der Waals surface area contributed by atoms with Crippen molar-refractivity contribution in [3.05, 3.63) is 29.8 Å². The van der Waals surface area contributed by atoms with Gasteiger partial charge in [0.2, 0.25) is 0 Å². The van der Waals surface area contributed by atoms with Crippen LogP contribution in [-0.2, 0) is 20.5 Å². The number of benzene rings is 1. The normalized spacial score (nSPS) is 18.0. The van der Waals surface area contributed by atoms with E-state index in [-0.39, 0.29) is 18.3 Å². The molecule has 1 aromatic carbocycles. The first-order valence-electron chi connectivity index (χ1n) is 6.74. The number of amides is 2. The summed E-state index contributed by atoms with van der Waals surface area (Å²) in [6.45, 7) is 0.825. The summed E-state index contributed by atoms with van der Waals surface area (Å²) < 4.78 is 42.9. The SMILES string of the molecule is O=C(NC[C@@H]1CCCO1)C(=O)Nc1cccc(C(F)(F)F)c1. The average molecular weight is 316 g/mol. The van der Waals surface area contributed by atoms with Gasteiger partial charge in [0, 0.05) is 18.8 Å². The van der Waals surface area contributed by atoms with E-state index in [2.05, 4.69) is 10.6 Å². The third kappa shape index (κ3) is 4.45. The predicted molar refractivity (Wildman–Crippen MR) is 72.1 cm³/mol. The minimum atomic E-state index is -4.51. The summed E-state index contributed by atoms with van der Waals surface area (Å²) in [7, 11) is 0. The van der Waals surface area contributed by atoms with E-state index in [1.54, 1.807) is 0 Å². The lowest BCUT2D eigenvalue weighted by atomic mass is 10.2. The van der Waals surface area contributed by atoms with Gasteiger partial charge < -0.3 is 15.4 Å². The summed E-state index contributed by atoms with van der Waals surface area (Å²) in [6.07, 6.45) is -2.93. The molecule has 1 aliphatic rings. The van der Waals surface area contributed by atoms with Gasteiger partial charge in [0.25, 0.3) is 0 Å². The number of alkyl halides is 3. The number of hydrogen-bond donors (Lipinski definition) is 2. The molecule has 0 unspecified atom stereocenters. The smallest absolute Gasteiger partial charge is 0.376 e. The van der Waals surface area contributed by atoms with Crippen LogP contribution in [0.5, 0.6) is 0 Å². The molecule has 0 aliphatic carbocycles. The van der Waals surface area contributed by atoms with Gasteiger partial charge >= 0.3 is 18.0 Å². The molecule has 1 atom stereocenters. The van der Waals surface area contributed by atoms with Crippen molar-refractivity contribution in [2.45, 2.75) is 25.1 Å². The van der Waals surface area contributed by atoms with Crippen molar-refractivity contribution in [1.82, 2.24) is 5.32 Å². The first kappa shape index (κ1) is 16.3. The summed E-state index contributed by atoms with van der Waals surface area (Å²) in [5, 5.41) is 4.53. The molecule has 0 aromatic heterocycles. The fraction of sp³-hybridized carbons (Fsp3) is 0.429. The second-order valence-corrected chi connectivity index (χ2v) is 4.88. The molecule has 22 heavy (non-hydrogen) atoms. The van der Waals surface area contributed by atoms with Crippen LogP contribution in [0.1, 0.15) is 18.4 Å². The Morgan fingerprint density at radius 3 is 2.68 bits per heavy atom. The van der Waals surface area contributed by atoms with Gasteiger partial charge in [-0.2, -0.15) is 13.2 Å². The minimum Gasteiger partial charge on any atom is -0.376 e. The first-order valence-corrected chi connectivity index (χ1v) is 6.74. The molecule has 1 aliphatic heterocycles. The van der Waals surface area contributed by atoms with Gasteiger partial charge in [-0.25, -0.2) is 0 Å². The zero-order valence-electron chi connectivity index (χ0n) is 11.6. The van der Waals surface area contributed by atoms with Gasteiger partial charge in [0.05, 0.1) is 11.7 Å². The Morgan fingerprint density at radius 2 is 2.05 bits per heavy atom. The summed E-state index contributed by atoms with van der Waals surface area (Å²) >= 11 is 0. The lowest BCUT2D eigenvalue weighted by molar-refractivity contribution is -0.137. The molecule has 2 N–H and O–H groups in total. The molecule has 0 saturated carbocycles. The number of carbonyl (C=O) groups is 2. The van der Waals surface area contributed by atoms with E-state index in [0.29, 0.717) is 6.61 Å². The van der Waals surface area contributed by atoms with Crippen LogP contribution in [0, 0.1) is 0 Å². The monoisotopic (exact) mass is 316 g/mol. The van der Waals surface area contributed by atoms with Crippen molar-refractivity contribution >= 4 is 17.5 Å². The lowest BCUT2D eigenvalue weighted by Gasteiger charge is -2.12. The molecule has 8 heteroatoms. The van der Waals surface area contributed by atoms with E-state index < -0.39 is 23.6 Å². The maximum atomic E-state index is 12.6. The van der Waals surface area contributed by atoms with Crippen LogP contribution < -0.4 is 10.6 Å². The van der Waals surface area contributed by atoms with Crippen LogP contribution in [0.3, 0.4) is 0 Å². The number of rotatable bonds is 3. The number of anilines is 1. The first-order chi connectivity index (χ1) is 10.4. The maximum absolute atomic E-state index is 12.6. The van der Waals surface area contributed by atoms with Crippen molar-refractivity contribution in [2.24, 2.45) is 0 Å². The molecule has 0 radical (unpaired) electrons. The Labute approximate surface area is 124 Å². The number of ether oxygens (including phenoxy) is 1. The van der Waals surface area contributed by atoms with E-state index in [1.807, 2.05) is 0 Å². The van der Waals surface area contributed by atoms with Crippen molar-refractivity contribution in [2.75, 3.05) is 18.5 Å². The van der Waals surface area contributed by atoms with E-state index in [1.165, 1.54) is 6.07 Å². The standard InChI is InChI=1S/C14H15F3N2O3/c15-14(16,17)9-3-1-4-10(7-9)19-13(21)12(20)18-8-11-5-2-6-22-11/h1,3-4,7,11H,2,5-6,8H2,(H,18,20)(H,19,21)/t11-/m0/s1. The van der Waals surface area contributed by atoms with Gasteiger partial charge in [-0.15, -0.1) is 0 Å². The lowest BCUT2D eigenvalue weighted by Crippen LogP contribution is -2.39. The Kier molecular flexibility index (Phi) is 5.02. The second kappa shape index (κ2) is 6.78. The summed E-state index contributed by atoms with van der Waals surface area (Å²) in [4.78, 5) is 23.2. The molecule has 1 heterocycles. The Morgan fingerprint density at radius 1 is 1.27 bits per heavy atom. The fourth-order valence-electron chi connectivity index (χ4n) is 2.05.